The first kappa shape index (κ1) is 18.4. The second-order valence-corrected chi connectivity index (χ2v) is 9.91. The van der Waals surface area contributed by atoms with Crippen LogP contribution in [0, 0.1) is 29.6 Å². The molecule has 0 radical (unpaired) electrons. The molecule has 6 nitrogen and oxygen atoms in total. The highest BCUT2D eigenvalue weighted by atomic mass is 16.6. The van der Waals surface area contributed by atoms with E-state index >= 15 is 0 Å². The van der Waals surface area contributed by atoms with Crippen LogP contribution in [0.5, 0.6) is 0 Å². The highest BCUT2D eigenvalue weighted by molar-refractivity contribution is 5.87. The molecule has 7 unspecified atom stereocenters. The molecule has 4 bridgehead atoms. The normalized spacial score (nSPS) is 39.4. The van der Waals surface area contributed by atoms with Crippen molar-refractivity contribution in [2.75, 3.05) is 0 Å². The number of ether oxygens (including phenoxy) is 2. The summed E-state index contributed by atoms with van der Waals surface area (Å²) in [6.45, 7) is 0. The Labute approximate surface area is 184 Å². The van der Waals surface area contributed by atoms with Crippen LogP contribution in [0.1, 0.15) is 46.9 Å². The first-order valence-corrected chi connectivity index (χ1v) is 11.4. The standard InChI is InChI=1S/C26H22O6/c27-24(28)20-18-12-5-1-3-7-14(12)19(15-8-4-2-6-13(15)18)21(20)26(30)31-22-11-9-16-17(10-11)25(29)32-23(16)22/h1-8,11,16-23H,9-10H2,(H,27,28). The summed E-state index contributed by atoms with van der Waals surface area (Å²) in [4.78, 5) is 38.3. The molecule has 162 valence electrons. The third-order valence-corrected chi connectivity index (χ3v) is 8.66. The second-order valence-electron chi connectivity index (χ2n) is 9.91. The van der Waals surface area contributed by atoms with Crippen molar-refractivity contribution in [1.29, 1.82) is 0 Å². The van der Waals surface area contributed by atoms with Gasteiger partial charge in [0.15, 0.2) is 0 Å². The van der Waals surface area contributed by atoms with Crippen molar-refractivity contribution < 1.29 is 29.0 Å². The highest BCUT2D eigenvalue weighted by Crippen LogP contribution is 2.60. The summed E-state index contributed by atoms with van der Waals surface area (Å²) in [6.07, 6.45) is 0.696. The Morgan fingerprint density at radius 2 is 1.44 bits per heavy atom. The first-order valence-electron chi connectivity index (χ1n) is 11.4. The van der Waals surface area contributed by atoms with Gasteiger partial charge in [-0.05, 0) is 35.1 Å². The molecule has 0 amide bonds. The lowest BCUT2D eigenvalue weighted by Gasteiger charge is -2.48. The maximum atomic E-state index is 13.7. The molecule has 6 aliphatic rings. The van der Waals surface area contributed by atoms with Gasteiger partial charge in [-0.1, -0.05) is 48.5 Å². The van der Waals surface area contributed by atoms with Crippen LogP contribution in [0.15, 0.2) is 48.5 Å². The lowest BCUT2D eigenvalue weighted by atomic mass is 9.54. The third-order valence-electron chi connectivity index (χ3n) is 8.66. The van der Waals surface area contributed by atoms with Crippen molar-refractivity contribution in [2.24, 2.45) is 29.6 Å². The average Bonchev–Trinajstić information content (AvgIpc) is 3.43. The van der Waals surface area contributed by atoms with Crippen LogP contribution in [0.2, 0.25) is 0 Å². The Morgan fingerprint density at radius 3 is 2.00 bits per heavy atom. The summed E-state index contributed by atoms with van der Waals surface area (Å²) in [6, 6.07) is 15.7. The Balaban J connectivity index is 1.30. The van der Waals surface area contributed by atoms with Gasteiger partial charge in [0, 0.05) is 23.7 Å². The van der Waals surface area contributed by atoms with E-state index < -0.39 is 35.8 Å². The van der Waals surface area contributed by atoms with E-state index in [0.717, 1.165) is 28.7 Å². The maximum Gasteiger partial charge on any atom is 0.311 e. The lowest BCUT2D eigenvalue weighted by Crippen LogP contribution is -2.49. The fourth-order valence-corrected chi connectivity index (χ4v) is 7.53. The molecule has 0 spiro atoms. The summed E-state index contributed by atoms with van der Waals surface area (Å²) >= 11 is 0. The number of hydrogen-bond donors (Lipinski definition) is 1. The molecule has 6 heteroatoms. The summed E-state index contributed by atoms with van der Waals surface area (Å²) in [5, 5.41) is 10.3. The molecule has 5 aliphatic carbocycles. The largest absolute Gasteiger partial charge is 0.481 e. The number of fused-ring (bicyclic) bond motifs is 2. The number of esters is 2. The van der Waals surface area contributed by atoms with Gasteiger partial charge in [-0.25, -0.2) is 0 Å². The molecule has 1 N–H and O–H groups in total. The van der Waals surface area contributed by atoms with Crippen molar-refractivity contribution in [3.63, 3.8) is 0 Å². The van der Waals surface area contributed by atoms with Crippen LogP contribution < -0.4 is 0 Å². The SMILES string of the molecule is O=C1OC2C3CC(CC13)C2OC(=O)C1C2c3ccccc3C(c3ccccc32)C1C(=O)O. The van der Waals surface area contributed by atoms with Crippen LogP contribution in [0.3, 0.4) is 0 Å². The highest BCUT2D eigenvalue weighted by Gasteiger charge is 2.64. The molecular weight excluding hydrogens is 408 g/mol. The Bertz CT molecular complexity index is 1140. The van der Waals surface area contributed by atoms with Crippen LogP contribution in [-0.4, -0.2) is 35.2 Å². The molecule has 7 atom stereocenters. The average molecular weight is 430 g/mol. The van der Waals surface area contributed by atoms with E-state index in [1.54, 1.807) is 0 Å². The van der Waals surface area contributed by atoms with Gasteiger partial charge in [-0.3, -0.25) is 14.4 Å². The molecular formula is C26H22O6. The number of carboxylic acids is 1. The van der Waals surface area contributed by atoms with E-state index in [1.807, 2.05) is 48.5 Å². The molecule has 2 aromatic rings. The Hall–Kier alpha value is -3.15. The monoisotopic (exact) mass is 430 g/mol. The summed E-state index contributed by atoms with van der Waals surface area (Å²) in [5.41, 5.74) is 3.99. The van der Waals surface area contributed by atoms with Crippen molar-refractivity contribution in [3.05, 3.63) is 70.8 Å². The van der Waals surface area contributed by atoms with Gasteiger partial charge >= 0.3 is 17.9 Å². The molecule has 32 heavy (non-hydrogen) atoms. The Morgan fingerprint density at radius 1 is 0.875 bits per heavy atom. The van der Waals surface area contributed by atoms with Gasteiger partial charge in [0.05, 0.1) is 17.8 Å². The van der Waals surface area contributed by atoms with E-state index in [9.17, 15) is 19.5 Å². The molecule has 1 saturated heterocycles. The van der Waals surface area contributed by atoms with E-state index in [0.29, 0.717) is 6.42 Å². The molecule has 1 heterocycles. The number of hydrogen-bond acceptors (Lipinski definition) is 5. The molecule has 1 aliphatic heterocycles. The number of carbonyl (C=O) groups is 3. The van der Waals surface area contributed by atoms with Gasteiger partial charge in [0.1, 0.15) is 12.2 Å². The zero-order valence-electron chi connectivity index (χ0n) is 17.2. The van der Waals surface area contributed by atoms with Gasteiger partial charge in [-0.2, -0.15) is 0 Å². The summed E-state index contributed by atoms with van der Waals surface area (Å²) in [7, 11) is 0. The Kier molecular flexibility index (Phi) is 3.58. The molecule has 8 rings (SSSR count). The number of rotatable bonds is 3. The number of benzene rings is 2. The quantitative estimate of drug-likeness (QED) is 0.753. The number of carboxylic acid groups (broad SMARTS) is 1. The van der Waals surface area contributed by atoms with E-state index in [-0.39, 0.29) is 35.7 Å². The zero-order chi connectivity index (χ0) is 21.7. The molecule has 3 fully saturated rings. The van der Waals surface area contributed by atoms with Gasteiger partial charge < -0.3 is 14.6 Å². The fraction of sp³-hybridized carbons (Fsp3) is 0.423. The number of carbonyl (C=O) groups excluding carboxylic acids is 2. The second kappa shape index (κ2) is 6.21. The van der Waals surface area contributed by atoms with E-state index in [4.69, 9.17) is 9.47 Å². The van der Waals surface area contributed by atoms with Crippen LogP contribution >= 0.6 is 0 Å². The number of aliphatic carboxylic acids is 1. The predicted molar refractivity (Wildman–Crippen MR) is 111 cm³/mol. The predicted octanol–water partition coefficient (Wildman–Crippen LogP) is 3.09. The van der Waals surface area contributed by atoms with Crippen molar-refractivity contribution >= 4 is 17.9 Å². The van der Waals surface area contributed by atoms with Gasteiger partial charge in [0.2, 0.25) is 0 Å². The smallest absolute Gasteiger partial charge is 0.311 e. The van der Waals surface area contributed by atoms with Crippen LogP contribution in [-0.2, 0) is 23.9 Å². The summed E-state index contributed by atoms with van der Waals surface area (Å²) < 4.78 is 11.6. The topological polar surface area (TPSA) is 89.9 Å². The van der Waals surface area contributed by atoms with Gasteiger partial charge in [0.25, 0.3) is 0 Å². The first-order chi connectivity index (χ1) is 15.5. The lowest BCUT2D eigenvalue weighted by molar-refractivity contribution is -0.172. The van der Waals surface area contributed by atoms with Crippen LogP contribution in [0.4, 0.5) is 0 Å². The van der Waals surface area contributed by atoms with Crippen molar-refractivity contribution in [3.8, 4) is 0 Å². The zero-order valence-corrected chi connectivity index (χ0v) is 17.2. The summed E-state index contributed by atoms with van der Waals surface area (Å²) in [5.74, 6) is -3.91. The maximum absolute atomic E-state index is 13.7. The fourth-order valence-electron chi connectivity index (χ4n) is 7.53. The molecule has 0 aromatic heterocycles. The van der Waals surface area contributed by atoms with Crippen LogP contribution in [0.25, 0.3) is 0 Å². The minimum atomic E-state index is -0.980. The van der Waals surface area contributed by atoms with Gasteiger partial charge in [-0.15, -0.1) is 0 Å². The molecule has 2 saturated carbocycles. The minimum Gasteiger partial charge on any atom is -0.481 e. The minimum absolute atomic E-state index is 0.0591. The van der Waals surface area contributed by atoms with Crippen molar-refractivity contribution in [1.82, 2.24) is 0 Å². The van der Waals surface area contributed by atoms with E-state index in [2.05, 4.69) is 0 Å². The van der Waals surface area contributed by atoms with Crippen molar-refractivity contribution in [2.45, 2.75) is 36.9 Å². The van der Waals surface area contributed by atoms with E-state index in [1.165, 1.54) is 0 Å². The third kappa shape index (κ3) is 2.17. The molecule has 2 aromatic carbocycles.